The molecule has 1 aromatic rings. The fourth-order valence-corrected chi connectivity index (χ4v) is 4.20. The third-order valence-electron chi connectivity index (χ3n) is 2.38. The highest BCUT2D eigenvalue weighted by Gasteiger charge is 2.28. The maximum absolute atomic E-state index is 6.39. The van der Waals surface area contributed by atoms with E-state index in [9.17, 15) is 0 Å². The van der Waals surface area contributed by atoms with Gasteiger partial charge in [-0.3, -0.25) is 0 Å². The lowest BCUT2D eigenvalue weighted by Crippen LogP contribution is -2.11. The summed E-state index contributed by atoms with van der Waals surface area (Å²) in [6, 6.07) is 2.12. The van der Waals surface area contributed by atoms with Crippen LogP contribution in [0.4, 0.5) is 0 Å². The molecule has 2 rings (SSSR count). The Hall–Kier alpha value is 0.430. The molecule has 1 aliphatic heterocycles. The van der Waals surface area contributed by atoms with Crippen LogP contribution in [0.15, 0.2) is 10.5 Å². The van der Waals surface area contributed by atoms with Crippen molar-refractivity contribution in [2.45, 2.75) is 31.2 Å². The van der Waals surface area contributed by atoms with Gasteiger partial charge in [0.25, 0.3) is 0 Å². The zero-order valence-electron chi connectivity index (χ0n) is 7.93. The molecule has 1 nitrogen and oxygen atoms in total. The second-order valence-electron chi connectivity index (χ2n) is 3.52. The Labute approximate surface area is 102 Å². The Morgan fingerprint density at radius 3 is 3.00 bits per heavy atom. The molecular weight excluding hydrogens is 284 g/mol. The van der Waals surface area contributed by atoms with Gasteiger partial charge in [0.15, 0.2) is 0 Å². The van der Waals surface area contributed by atoms with E-state index in [0.717, 1.165) is 23.9 Å². The van der Waals surface area contributed by atoms with Crippen LogP contribution in [-0.2, 0) is 4.74 Å². The molecule has 0 N–H and O–H groups in total. The van der Waals surface area contributed by atoms with Crippen molar-refractivity contribution in [3.05, 3.63) is 20.3 Å². The molecular formula is C10H12BrClOS. The molecule has 1 aliphatic rings. The van der Waals surface area contributed by atoms with Gasteiger partial charge in [-0.05, 0) is 41.8 Å². The average molecular weight is 296 g/mol. The van der Waals surface area contributed by atoms with E-state index in [1.807, 2.05) is 0 Å². The molecule has 0 bridgehead atoms. The Morgan fingerprint density at radius 2 is 2.50 bits per heavy atom. The zero-order valence-corrected chi connectivity index (χ0v) is 11.1. The minimum Gasteiger partial charge on any atom is -0.376 e. The molecule has 1 saturated heterocycles. The number of ether oxygens (including phenoxy) is 1. The molecule has 0 aliphatic carbocycles. The summed E-state index contributed by atoms with van der Waals surface area (Å²) in [7, 11) is 0. The number of hydrogen-bond acceptors (Lipinski definition) is 2. The summed E-state index contributed by atoms with van der Waals surface area (Å²) in [5, 5.41) is 0.00516. The van der Waals surface area contributed by atoms with Gasteiger partial charge in [-0.2, -0.15) is 0 Å². The molecule has 78 valence electrons. The molecule has 1 fully saturated rings. The summed E-state index contributed by atoms with van der Waals surface area (Å²) in [5.41, 5.74) is 0. The highest BCUT2D eigenvalue weighted by atomic mass is 79.9. The topological polar surface area (TPSA) is 9.23 Å². The van der Waals surface area contributed by atoms with E-state index < -0.39 is 0 Å². The predicted octanol–water partition coefficient (Wildman–Crippen LogP) is 4.28. The van der Waals surface area contributed by atoms with Gasteiger partial charge >= 0.3 is 0 Å². The van der Waals surface area contributed by atoms with Crippen molar-refractivity contribution < 1.29 is 4.74 Å². The van der Waals surface area contributed by atoms with Gasteiger partial charge in [-0.15, -0.1) is 22.9 Å². The van der Waals surface area contributed by atoms with Crippen LogP contribution in [0.5, 0.6) is 0 Å². The first-order valence-electron chi connectivity index (χ1n) is 4.70. The van der Waals surface area contributed by atoms with E-state index in [1.165, 1.54) is 9.75 Å². The van der Waals surface area contributed by atoms with E-state index in [2.05, 4.69) is 28.9 Å². The maximum atomic E-state index is 6.39. The standard InChI is InChI=1S/C10H12BrClOS/c1-6-5-7(11)10(14-6)9(12)8-3-2-4-13-8/h5,8-9H,2-4H2,1H3. The Kier molecular flexibility index (Phi) is 3.53. The van der Waals surface area contributed by atoms with Gasteiger partial charge in [-0.25, -0.2) is 0 Å². The SMILES string of the molecule is Cc1cc(Br)c(C(Cl)C2CCCO2)s1. The van der Waals surface area contributed by atoms with Crippen LogP contribution in [0, 0.1) is 6.92 Å². The summed E-state index contributed by atoms with van der Waals surface area (Å²) in [6.07, 6.45) is 2.42. The molecule has 0 radical (unpaired) electrons. The minimum atomic E-state index is 0.00516. The number of thiophene rings is 1. The summed E-state index contributed by atoms with van der Waals surface area (Å²) in [6.45, 7) is 2.95. The Morgan fingerprint density at radius 1 is 1.71 bits per heavy atom. The van der Waals surface area contributed by atoms with Crippen molar-refractivity contribution in [1.29, 1.82) is 0 Å². The van der Waals surface area contributed by atoms with E-state index >= 15 is 0 Å². The highest BCUT2D eigenvalue weighted by molar-refractivity contribution is 9.10. The van der Waals surface area contributed by atoms with Gasteiger partial charge in [-0.1, -0.05) is 0 Å². The largest absolute Gasteiger partial charge is 0.376 e. The van der Waals surface area contributed by atoms with Gasteiger partial charge in [0.1, 0.15) is 0 Å². The second-order valence-corrected chi connectivity index (χ2v) is 6.13. The predicted molar refractivity (Wildman–Crippen MR) is 64.3 cm³/mol. The molecule has 14 heavy (non-hydrogen) atoms. The maximum Gasteiger partial charge on any atom is 0.0951 e. The molecule has 1 aromatic heterocycles. The van der Waals surface area contributed by atoms with Crippen LogP contribution in [0.1, 0.15) is 28.0 Å². The summed E-state index contributed by atoms with van der Waals surface area (Å²) >= 11 is 11.7. The van der Waals surface area contributed by atoms with E-state index in [1.54, 1.807) is 11.3 Å². The fourth-order valence-electron chi connectivity index (χ4n) is 1.69. The quantitative estimate of drug-likeness (QED) is 0.740. The van der Waals surface area contributed by atoms with Crippen molar-refractivity contribution in [3.63, 3.8) is 0 Å². The van der Waals surface area contributed by atoms with Crippen molar-refractivity contribution in [3.8, 4) is 0 Å². The van der Waals surface area contributed by atoms with E-state index in [-0.39, 0.29) is 11.5 Å². The third-order valence-corrected chi connectivity index (χ3v) is 5.06. The van der Waals surface area contributed by atoms with Gasteiger partial charge in [0, 0.05) is 20.8 Å². The minimum absolute atomic E-state index is 0.00516. The Bertz CT molecular complexity index is 320. The summed E-state index contributed by atoms with van der Waals surface area (Å²) in [5.74, 6) is 0. The van der Waals surface area contributed by atoms with Crippen LogP contribution in [0.3, 0.4) is 0 Å². The molecule has 0 aromatic carbocycles. The molecule has 2 atom stereocenters. The number of rotatable bonds is 2. The highest BCUT2D eigenvalue weighted by Crippen LogP contribution is 2.40. The number of hydrogen-bond donors (Lipinski definition) is 0. The summed E-state index contributed by atoms with van der Waals surface area (Å²) in [4.78, 5) is 2.49. The molecule has 0 spiro atoms. The number of halogens is 2. The fraction of sp³-hybridized carbons (Fsp3) is 0.600. The van der Waals surface area contributed by atoms with E-state index in [0.29, 0.717) is 0 Å². The van der Waals surface area contributed by atoms with Crippen molar-refractivity contribution in [2.75, 3.05) is 6.61 Å². The molecule has 2 unspecified atom stereocenters. The first kappa shape index (κ1) is 10.9. The molecule has 0 amide bonds. The van der Waals surface area contributed by atoms with Crippen LogP contribution in [0.25, 0.3) is 0 Å². The van der Waals surface area contributed by atoms with Gasteiger partial charge < -0.3 is 4.74 Å². The van der Waals surface area contributed by atoms with Crippen LogP contribution in [-0.4, -0.2) is 12.7 Å². The number of aryl methyl sites for hydroxylation is 1. The molecule has 4 heteroatoms. The van der Waals surface area contributed by atoms with Gasteiger partial charge in [0.2, 0.25) is 0 Å². The van der Waals surface area contributed by atoms with E-state index in [4.69, 9.17) is 16.3 Å². The first-order chi connectivity index (χ1) is 6.68. The average Bonchev–Trinajstić information content (AvgIpc) is 2.73. The van der Waals surface area contributed by atoms with Gasteiger partial charge in [0.05, 0.1) is 11.5 Å². The van der Waals surface area contributed by atoms with Crippen molar-refractivity contribution >= 4 is 38.9 Å². The zero-order chi connectivity index (χ0) is 10.1. The van der Waals surface area contributed by atoms with Crippen molar-refractivity contribution in [1.82, 2.24) is 0 Å². The Balaban J connectivity index is 2.17. The first-order valence-corrected chi connectivity index (χ1v) is 6.74. The summed E-state index contributed by atoms with van der Waals surface area (Å²) < 4.78 is 6.71. The molecule has 2 heterocycles. The normalized spacial score (nSPS) is 24.1. The lowest BCUT2D eigenvalue weighted by Gasteiger charge is -2.15. The lowest BCUT2D eigenvalue weighted by atomic mass is 10.1. The van der Waals surface area contributed by atoms with Crippen molar-refractivity contribution in [2.24, 2.45) is 0 Å². The lowest BCUT2D eigenvalue weighted by molar-refractivity contribution is 0.108. The smallest absolute Gasteiger partial charge is 0.0951 e. The van der Waals surface area contributed by atoms with Crippen LogP contribution in [0.2, 0.25) is 0 Å². The second kappa shape index (κ2) is 4.52. The molecule has 0 saturated carbocycles. The number of alkyl halides is 1. The third kappa shape index (κ3) is 2.16. The van der Waals surface area contributed by atoms with Crippen LogP contribution < -0.4 is 0 Å². The van der Waals surface area contributed by atoms with Crippen LogP contribution >= 0.6 is 38.9 Å². The monoisotopic (exact) mass is 294 g/mol.